The fourth-order valence-corrected chi connectivity index (χ4v) is 2.79. The van der Waals surface area contributed by atoms with Crippen molar-refractivity contribution in [1.29, 1.82) is 0 Å². The predicted molar refractivity (Wildman–Crippen MR) is 48.4 cm³/mol. The van der Waals surface area contributed by atoms with E-state index in [-0.39, 0.29) is 0 Å². The van der Waals surface area contributed by atoms with Crippen LogP contribution in [0.25, 0.3) is 0 Å². The van der Waals surface area contributed by atoms with Gasteiger partial charge in [-0.25, -0.2) is 0 Å². The first-order valence-electron chi connectivity index (χ1n) is 3.50. The summed E-state index contributed by atoms with van der Waals surface area (Å²) in [5, 5.41) is 2.50. The average Bonchev–Trinajstić information content (AvgIpc) is 2.74. The largest absolute Gasteiger partial charge is 0.302 e. The number of hydrogen-bond acceptors (Lipinski definition) is 3. The normalized spacial score (nSPS) is 17.7. The van der Waals surface area contributed by atoms with E-state index in [0.717, 1.165) is 0 Å². The molecule has 12 heavy (non-hydrogen) atoms. The average molecular weight is 204 g/mol. The van der Waals surface area contributed by atoms with Gasteiger partial charge in [-0.2, -0.15) is 12.7 Å². The minimum Gasteiger partial charge on any atom is -0.262 e. The Hall–Kier alpha value is -0.590. The van der Waals surface area contributed by atoms with Crippen molar-refractivity contribution in [3.63, 3.8) is 0 Å². The minimum atomic E-state index is -3.22. The highest BCUT2D eigenvalue weighted by Crippen LogP contribution is 2.20. The first-order chi connectivity index (χ1) is 5.68. The topological polar surface area (TPSA) is 49.2 Å². The Labute approximate surface area is 75.0 Å². The molecule has 2 heterocycles. The van der Waals surface area contributed by atoms with E-state index in [2.05, 4.69) is 4.72 Å². The van der Waals surface area contributed by atoms with E-state index in [4.69, 9.17) is 0 Å². The van der Waals surface area contributed by atoms with Gasteiger partial charge in [-0.15, -0.1) is 11.3 Å². The van der Waals surface area contributed by atoms with Crippen LogP contribution in [0.15, 0.2) is 17.5 Å². The van der Waals surface area contributed by atoms with Crippen molar-refractivity contribution < 1.29 is 8.42 Å². The molecule has 0 unspecified atom stereocenters. The zero-order valence-electron chi connectivity index (χ0n) is 6.23. The predicted octanol–water partition coefficient (Wildman–Crippen LogP) is 0.720. The molecule has 1 aromatic rings. The van der Waals surface area contributed by atoms with Crippen molar-refractivity contribution in [3.8, 4) is 0 Å². The third kappa shape index (κ3) is 1.60. The third-order valence-electron chi connectivity index (χ3n) is 1.50. The number of nitrogens with one attached hydrogen (secondary N) is 1. The first kappa shape index (κ1) is 8.03. The van der Waals surface area contributed by atoms with Gasteiger partial charge in [0.15, 0.2) is 0 Å². The zero-order valence-corrected chi connectivity index (χ0v) is 7.86. The summed E-state index contributed by atoms with van der Waals surface area (Å²) in [4.78, 5) is 0. The van der Waals surface area contributed by atoms with Crippen molar-refractivity contribution in [1.82, 2.24) is 4.31 Å². The molecule has 2 rings (SSSR count). The molecule has 0 atom stereocenters. The molecule has 0 aromatic carbocycles. The summed E-state index contributed by atoms with van der Waals surface area (Å²) in [7, 11) is -3.22. The van der Waals surface area contributed by atoms with Crippen LogP contribution in [-0.4, -0.2) is 25.8 Å². The summed E-state index contributed by atoms with van der Waals surface area (Å²) >= 11 is 1.38. The Morgan fingerprint density at radius 3 is 2.75 bits per heavy atom. The maximum atomic E-state index is 11.3. The lowest BCUT2D eigenvalue weighted by molar-refractivity contribution is 0.569. The van der Waals surface area contributed by atoms with E-state index in [1.54, 1.807) is 6.07 Å². The number of anilines is 1. The molecular weight excluding hydrogens is 196 g/mol. The van der Waals surface area contributed by atoms with Crippen LogP contribution < -0.4 is 4.72 Å². The minimum absolute atomic E-state index is 0.640. The standard InChI is InChI=1S/C6H8N2O2S2/c9-12(10,8-3-4-8)7-6-2-1-5-11-6/h1-2,5,7H,3-4H2. The number of hydrogen-bond donors (Lipinski definition) is 1. The molecule has 6 heteroatoms. The van der Waals surface area contributed by atoms with Gasteiger partial charge in [-0.1, -0.05) is 0 Å². The summed E-state index contributed by atoms with van der Waals surface area (Å²) in [6.45, 7) is 1.28. The molecular formula is C6H8N2O2S2. The van der Waals surface area contributed by atoms with Gasteiger partial charge in [0, 0.05) is 13.1 Å². The second-order valence-electron chi connectivity index (χ2n) is 2.48. The lowest BCUT2D eigenvalue weighted by Gasteiger charge is -2.03. The van der Waals surface area contributed by atoms with E-state index in [1.165, 1.54) is 15.6 Å². The molecule has 1 aromatic heterocycles. The van der Waals surface area contributed by atoms with Crippen molar-refractivity contribution in [2.24, 2.45) is 0 Å². The Bertz CT molecular complexity index is 353. The molecule has 66 valence electrons. The van der Waals surface area contributed by atoms with Crippen LogP contribution in [0.2, 0.25) is 0 Å². The monoisotopic (exact) mass is 204 g/mol. The number of nitrogens with zero attached hydrogens (tertiary/aromatic N) is 1. The maximum Gasteiger partial charge on any atom is 0.302 e. The smallest absolute Gasteiger partial charge is 0.262 e. The fourth-order valence-electron chi connectivity index (χ4n) is 0.809. The van der Waals surface area contributed by atoms with Crippen molar-refractivity contribution in [2.75, 3.05) is 17.8 Å². The molecule has 1 aliphatic heterocycles. The highest BCUT2D eigenvalue weighted by atomic mass is 32.2. The van der Waals surface area contributed by atoms with Crippen LogP contribution >= 0.6 is 11.3 Å². The first-order valence-corrected chi connectivity index (χ1v) is 5.82. The van der Waals surface area contributed by atoms with Gasteiger partial charge in [0.25, 0.3) is 0 Å². The lowest BCUT2D eigenvalue weighted by Crippen LogP contribution is -2.20. The highest BCUT2D eigenvalue weighted by molar-refractivity contribution is 7.90. The highest BCUT2D eigenvalue weighted by Gasteiger charge is 2.31. The molecule has 4 nitrogen and oxygen atoms in total. The van der Waals surface area contributed by atoms with Crippen LogP contribution in [0.1, 0.15) is 0 Å². The Kier molecular flexibility index (Phi) is 1.82. The van der Waals surface area contributed by atoms with Crippen LogP contribution in [0, 0.1) is 0 Å². The molecule has 1 aliphatic rings. The molecule has 0 radical (unpaired) electrons. The molecule has 0 spiro atoms. The fraction of sp³-hybridized carbons (Fsp3) is 0.333. The Balaban J connectivity index is 2.12. The molecule has 0 aliphatic carbocycles. The van der Waals surface area contributed by atoms with Crippen molar-refractivity contribution in [2.45, 2.75) is 0 Å². The SMILES string of the molecule is O=S(=O)(Nc1cccs1)N1CC1. The van der Waals surface area contributed by atoms with E-state index < -0.39 is 10.2 Å². The van der Waals surface area contributed by atoms with E-state index in [9.17, 15) is 8.42 Å². The Morgan fingerprint density at radius 2 is 2.25 bits per heavy atom. The quantitative estimate of drug-likeness (QED) is 0.737. The summed E-state index contributed by atoms with van der Waals surface area (Å²) in [5.74, 6) is 0. The second kappa shape index (κ2) is 2.72. The van der Waals surface area contributed by atoms with E-state index >= 15 is 0 Å². The Morgan fingerprint density at radius 1 is 1.50 bits per heavy atom. The summed E-state index contributed by atoms with van der Waals surface area (Å²) < 4.78 is 26.4. The van der Waals surface area contributed by atoms with Gasteiger partial charge in [-0.3, -0.25) is 4.72 Å². The summed E-state index contributed by atoms with van der Waals surface area (Å²) in [6.07, 6.45) is 0. The second-order valence-corrected chi connectivity index (χ2v) is 5.10. The van der Waals surface area contributed by atoms with Gasteiger partial charge < -0.3 is 0 Å². The van der Waals surface area contributed by atoms with E-state index in [1.807, 2.05) is 11.4 Å². The van der Waals surface area contributed by atoms with Crippen LogP contribution in [0.4, 0.5) is 5.00 Å². The van der Waals surface area contributed by atoms with Crippen LogP contribution in [-0.2, 0) is 10.2 Å². The number of thiophene rings is 1. The van der Waals surface area contributed by atoms with Gasteiger partial charge in [0.1, 0.15) is 5.00 Å². The van der Waals surface area contributed by atoms with Crippen LogP contribution in [0.5, 0.6) is 0 Å². The van der Waals surface area contributed by atoms with Crippen molar-refractivity contribution >= 4 is 26.5 Å². The third-order valence-corrected chi connectivity index (χ3v) is 3.93. The molecule has 1 saturated heterocycles. The lowest BCUT2D eigenvalue weighted by atomic mass is 10.6. The van der Waals surface area contributed by atoms with Gasteiger partial charge in [0.05, 0.1) is 0 Å². The van der Waals surface area contributed by atoms with Gasteiger partial charge in [-0.05, 0) is 17.5 Å². The molecule has 0 amide bonds. The molecule has 1 fully saturated rings. The zero-order chi connectivity index (χ0) is 8.60. The summed E-state index contributed by atoms with van der Waals surface area (Å²) in [6, 6.07) is 3.55. The maximum absolute atomic E-state index is 11.3. The van der Waals surface area contributed by atoms with Crippen molar-refractivity contribution in [3.05, 3.63) is 17.5 Å². The number of rotatable bonds is 3. The molecule has 1 N–H and O–H groups in total. The molecule has 0 bridgehead atoms. The summed E-state index contributed by atoms with van der Waals surface area (Å²) in [5.41, 5.74) is 0. The van der Waals surface area contributed by atoms with Gasteiger partial charge >= 0.3 is 10.2 Å². The molecule has 0 saturated carbocycles. The van der Waals surface area contributed by atoms with E-state index in [0.29, 0.717) is 18.1 Å². The van der Waals surface area contributed by atoms with Crippen LogP contribution in [0.3, 0.4) is 0 Å². The van der Waals surface area contributed by atoms with Gasteiger partial charge in [0.2, 0.25) is 0 Å².